The Hall–Kier alpha value is -0.720. The maximum atomic E-state index is 4.68. The minimum Gasteiger partial charge on any atom is -0.302 e. The Morgan fingerprint density at radius 3 is 2.64 bits per heavy atom. The number of rotatable bonds is 2. The van der Waals surface area contributed by atoms with Gasteiger partial charge in [-0.2, -0.15) is 5.10 Å². The lowest BCUT2D eigenvalue weighted by Crippen LogP contribution is -2.36. The topological polar surface area (TPSA) is 34.0 Å². The molecule has 2 unspecified atom stereocenters. The van der Waals surface area contributed by atoms with Crippen LogP contribution in [0.5, 0.6) is 0 Å². The third kappa shape index (κ3) is 3.01. The Morgan fingerprint density at radius 2 is 1.95 bits per heavy atom. The highest BCUT2D eigenvalue weighted by atomic mass is 79.9. The number of piperidine rings is 1. The normalized spacial score (nSPS) is 26.1. The molecule has 0 aliphatic carbocycles. The molecule has 22 heavy (non-hydrogen) atoms. The van der Waals surface area contributed by atoms with E-state index in [1.165, 1.54) is 44.5 Å². The van der Waals surface area contributed by atoms with E-state index in [1.807, 2.05) is 24.1 Å². The highest BCUT2D eigenvalue weighted by Crippen LogP contribution is 2.41. The molecule has 0 N–H and O–H groups in total. The summed E-state index contributed by atoms with van der Waals surface area (Å²) in [5, 5.41) is 4.21. The summed E-state index contributed by atoms with van der Waals surface area (Å²) in [4.78, 5) is 7.27. The molecule has 2 aromatic rings. The number of halogens is 2. The molecule has 2 aromatic heterocycles. The highest BCUT2D eigenvalue weighted by Gasteiger charge is 2.42. The zero-order valence-corrected chi connectivity index (χ0v) is 16.2. The molecule has 0 amide bonds. The fourth-order valence-electron chi connectivity index (χ4n) is 3.81. The van der Waals surface area contributed by atoms with Crippen LogP contribution in [0.15, 0.2) is 30.7 Å². The van der Waals surface area contributed by atoms with Gasteiger partial charge in [-0.25, -0.2) is 0 Å². The van der Waals surface area contributed by atoms with Crippen molar-refractivity contribution < 1.29 is 0 Å². The van der Waals surface area contributed by atoms with Crippen LogP contribution in [0, 0.1) is 0 Å². The van der Waals surface area contributed by atoms with E-state index in [4.69, 9.17) is 0 Å². The van der Waals surface area contributed by atoms with Gasteiger partial charge in [0.1, 0.15) is 0 Å². The van der Waals surface area contributed by atoms with Gasteiger partial charge in [-0.1, -0.05) is 6.07 Å². The third-order valence-electron chi connectivity index (χ3n) is 4.94. The zero-order valence-electron chi connectivity index (χ0n) is 12.7. The minimum absolute atomic E-state index is 0. The summed E-state index contributed by atoms with van der Waals surface area (Å²) < 4.78 is 1.82. The number of fused-ring (bicyclic) bond motifs is 2. The molecule has 0 saturated carbocycles. The summed E-state index contributed by atoms with van der Waals surface area (Å²) in [6, 6.07) is 4.43. The van der Waals surface area contributed by atoms with E-state index in [2.05, 4.69) is 33.3 Å². The molecule has 120 valence electrons. The monoisotopic (exact) mass is 428 g/mol. The molecule has 0 spiro atoms. The molecular formula is C16H22Br2N4. The average molecular weight is 430 g/mol. The second-order valence-electron chi connectivity index (χ2n) is 6.24. The summed E-state index contributed by atoms with van der Waals surface area (Å²) in [5.41, 5.74) is 3.91. The van der Waals surface area contributed by atoms with Crippen LogP contribution in [0.3, 0.4) is 0 Å². The van der Waals surface area contributed by atoms with Crippen LogP contribution < -0.4 is 0 Å². The second-order valence-corrected chi connectivity index (χ2v) is 6.24. The summed E-state index contributed by atoms with van der Waals surface area (Å²) in [6.07, 6.45) is 9.91. The molecule has 4 rings (SSSR count). The SMILES string of the molecule is Br.Br.Cn1cc(-c2ccc(C34CCCN(CC3)C4)cn2)cn1. The second kappa shape index (κ2) is 6.81. The van der Waals surface area contributed by atoms with Gasteiger partial charge in [-0.05, 0) is 44.0 Å². The largest absolute Gasteiger partial charge is 0.302 e. The van der Waals surface area contributed by atoms with Crippen LogP contribution in [-0.4, -0.2) is 39.3 Å². The molecule has 4 heterocycles. The van der Waals surface area contributed by atoms with Crippen molar-refractivity contribution in [1.82, 2.24) is 19.7 Å². The first-order valence-corrected chi connectivity index (χ1v) is 7.43. The Bertz CT molecular complexity index is 621. The lowest BCUT2D eigenvalue weighted by atomic mass is 9.75. The Kier molecular flexibility index (Phi) is 5.45. The van der Waals surface area contributed by atoms with Gasteiger partial charge < -0.3 is 4.90 Å². The number of pyridine rings is 1. The van der Waals surface area contributed by atoms with E-state index in [9.17, 15) is 0 Å². The fourth-order valence-corrected chi connectivity index (χ4v) is 3.81. The molecule has 2 bridgehead atoms. The lowest BCUT2D eigenvalue weighted by molar-refractivity contribution is 0.243. The maximum Gasteiger partial charge on any atom is 0.0733 e. The number of nitrogens with zero attached hydrogens (tertiary/aromatic N) is 4. The van der Waals surface area contributed by atoms with Crippen LogP contribution in [-0.2, 0) is 12.5 Å². The van der Waals surface area contributed by atoms with Gasteiger partial charge in [-0.3, -0.25) is 9.67 Å². The Morgan fingerprint density at radius 1 is 1.09 bits per heavy atom. The first-order chi connectivity index (χ1) is 9.75. The zero-order chi connectivity index (χ0) is 13.6. The van der Waals surface area contributed by atoms with Crippen molar-refractivity contribution in [2.24, 2.45) is 7.05 Å². The lowest BCUT2D eigenvalue weighted by Gasteiger charge is -2.34. The van der Waals surface area contributed by atoms with E-state index in [0.717, 1.165) is 11.3 Å². The smallest absolute Gasteiger partial charge is 0.0733 e. The van der Waals surface area contributed by atoms with E-state index in [1.54, 1.807) is 0 Å². The highest BCUT2D eigenvalue weighted by molar-refractivity contribution is 8.93. The van der Waals surface area contributed by atoms with Gasteiger partial charge in [0.25, 0.3) is 0 Å². The number of hydrogen-bond donors (Lipinski definition) is 0. The van der Waals surface area contributed by atoms with E-state index < -0.39 is 0 Å². The predicted molar refractivity (Wildman–Crippen MR) is 99.1 cm³/mol. The summed E-state index contributed by atoms with van der Waals surface area (Å²) in [6.45, 7) is 3.76. The van der Waals surface area contributed by atoms with Crippen LogP contribution in [0.1, 0.15) is 24.8 Å². The molecule has 2 aliphatic rings. The number of aromatic nitrogens is 3. The molecule has 2 atom stereocenters. The van der Waals surface area contributed by atoms with Gasteiger partial charge >= 0.3 is 0 Å². The molecule has 2 fully saturated rings. The molecule has 4 nitrogen and oxygen atoms in total. The summed E-state index contributed by atoms with van der Waals surface area (Å²) in [7, 11) is 1.94. The molecule has 2 saturated heterocycles. The molecule has 0 radical (unpaired) electrons. The van der Waals surface area contributed by atoms with E-state index in [0.29, 0.717) is 5.41 Å². The van der Waals surface area contributed by atoms with Crippen molar-refractivity contribution in [3.63, 3.8) is 0 Å². The fraction of sp³-hybridized carbons (Fsp3) is 0.500. The van der Waals surface area contributed by atoms with Crippen molar-refractivity contribution >= 4 is 34.0 Å². The van der Waals surface area contributed by atoms with Crippen molar-refractivity contribution in [3.8, 4) is 11.3 Å². The van der Waals surface area contributed by atoms with Crippen LogP contribution in [0.2, 0.25) is 0 Å². The van der Waals surface area contributed by atoms with Crippen molar-refractivity contribution in [3.05, 3.63) is 36.3 Å². The quantitative estimate of drug-likeness (QED) is 0.733. The average Bonchev–Trinajstić information content (AvgIpc) is 3.04. The maximum absolute atomic E-state index is 4.68. The van der Waals surface area contributed by atoms with Crippen LogP contribution in [0.4, 0.5) is 0 Å². The minimum atomic E-state index is 0. The first kappa shape index (κ1) is 17.6. The van der Waals surface area contributed by atoms with E-state index >= 15 is 0 Å². The Balaban J connectivity index is 0.000000882. The summed E-state index contributed by atoms with van der Waals surface area (Å²) >= 11 is 0. The Labute approximate surface area is 152 Å². The van der Waals surface area contributed by atoms with Gasteiger partial charge in [0, 0.05) is 37.0 Å². The van der Waals surface area contributed by atoms with Gasteiger partial charge in [0.2, 0.25) is 0 Å². The van der Waals surface area contributed by atoms with Gasteiger partial charge in [0.05, 0.1) is 11.9 Å². The van der Waals surface area contributed by atoms with Crippen molar-refractivity contribution in [2.75, 3.05) is 19.6 Å². The molecule has 2 aliphatic heterocycles. The number of hydrogen-bond acceptors (Lipinski definition) is 3. The van der Waals surface area contributed by atoms with Crippen LogP contribution in [0.25, 0.3) is 11.3 Å². The first-order valence-electron chi connectivity index (χ1n) is 7.43. The standard InChI is InChI=1S/C16H20N4.2BrH/c1-19-11-13(9-18-19)15-4-3-14(10-17-15)16-5-2-7-20(12-16)8-6-16;;/h3-4,9-11H,2,5-8,12H2,1H3;2*1H. The van der Waals surface area contributed by atoms with E-state index in [-0.39, 0.29) is 34.0 Å². The van der Waals surface area contributed by atoms with Crippen molar-refractivity contribution in [1.29, 1.82) is 0 Å². The van der Waals surface area contributed by atoms with Gasteiger partial charge in [0.15, 0.2) is 0 Å². The molecular weight excluding hydrogens is 408 g/mol. The molecule has 0 aromatic carbocycles. The predicted octanol–water partition coefficient (Wildman–Crippen LogP) is 3.38. The number of aryl methyl sites for hydroxylation is 1. The third-order valence-corrected chi connectivity index (χ3v) is 4.94. The summed E-state index contributed by atoms with van der Waals surface area (Å²) in [5.74, 6) is 0. The van der Waals surface area contributed by atoms with Crippen molar-refractivity contribution in [2.45, 2.75) is 24.7 Å². The van der Waals surface area contributed by atoms with Gasteiger partial charge in [-0.15, -0.1) is 34.0 Å². The molecule has 6 heteroatoms. The van der Waals surface area contributed by atoms with Crippen LogP contribution >= 0.6 is 34.0 Å².